The fraction of sp³-hybridized carbons (Fsp3) is 0.167. The molecule has 0 saturated carbocycles. The van der Waals surface area contributed by atoms with Gasteiger partial charge in [0.15, 0.2) is 0 Å². The highest BCUT2D eigenvalue weighted by Crippen LogP contribution is 2.49. The van der Waals surface area contributed by atoms with Gasteiger partial charge in [0, 0.05) is 16.3 Å². The molecule has 1 aliphatic rings. The molecule has 3 unspecified atom stereocenters. The Morgan fingerprint density at radius 3 is 2.31 bits per heavy atom. The van der Waals surface area contributed by atoms with Gasteiger partial charge in [-0.15, -0.1) is 0 Å². The van der Waals surface area contributed by atoms with E-state index in [1.807, 2.05) is 30.3 Å². The minimum absolute atomic E-state index is 0.0909. The number of halogens is 1. The lowest BCUT2D eigenvalue weighted by Crippen LogP contribution is -2.55. The van der Waals surface area contributed by atoms with Crippen LogP contribution in [-0.2, 0) is 9.36 Å². The molecule has 0 aromatic heterocycles. The second-order valence-corrected chi connectivity index (χ2v) is 11.6. The lowest BCUT2D eigenvalue weighted by atomic mass is 9.77. The van der Waals surface area contributed by atoms with Gasteiger partial charge in [-0.2, -0.15) is 0 Å². The first-order valence-electron chi connectivity index (χ1n) is 12.4. The van der Waals surface area contributed by atoms with Gasteiger partial charge in [0.05, 0.1) is 23.4 Å². The molecule has 1 aliphatic heterocycles. The third-order valence-electron chi connectivity index (χ3n) is 7.11. The molecule has 4 N–H and O–H groups in total. The molecule has 1 saturated heterocycles. The third kappa shape index (κ3) is 5.50. The lowest BCUT2D eigenvalue weighted by molar-refractivity contribution is -0.131. The van der Waals surface area contributed by atoms with Crippen LogP contribution in [0.4, 0.5) is 5.69 Å². The highest BCUT2D eigenvalue weighted by atomic mass is 35.5. The number of carbonyl (C=O) groups excluding carboxylic acids is 1. The Bertz CT molecular complexity index is 1560. The third-order valence-corrected chi connectivity index (χ3v) is 8.36. The summed E-state index contributed by atoms with van der Waals surface area (Å²) in [6, 6.07) is 26.7. The van der Waals surface area contributed by atoms with Gasteiger partial charge in [-0.1, -0.05) is 72.3 Å². The van der Waals surface area contributed by atoms with Crippen LogP contribution in [0.25, 0.3) is 11.1 Å². The van der Waals surface area contributed by atoms with E-state index in [0.717, 1.165) is 0 Å². The molecule has 5 rings (SSSR count). The topological polar surface area (TPSA) is 118 Å². The van der Waals surface area contributed by atoms with Crippen molar-refractivity contribution in [3.05, 3.63) is 113 Å². The van der Waals surface area contributed by atoms with Gasteiger partial charge in [-0.3, -0.25) is 9.36 Å². The van der Waals surface area contributed by atoms with E-state index in [1.54, 1.807) is 59.5 Å². The Labute approximate surface area is 231 Å². The van der Waals surface area contributed by atoms with Crippen LogP contribution in [0.15, 0.2) is 97.1 Å². The smallest absolute Gasteiger partial charge is 0.356 e. The highest BCUT2D eigenvalue weighted by molar-refractivity contribution is 7.60. The first-order valence-corrected chi connectivity index (χ1v) is 14.4. The van der Waals surface area contributed by atoms with Gasteiger partial charge in [-0.25, -0.2) is 0 Å². The lowest BCUT2D eigenvalue weighted by Gasteiger charge is -2.48. The molecule has 0 aliphatic carbocycles. The van der Waals surface area contributed by atoms with Gasteiger partial charge in [-0.05, 0) is 65.9 Å². The maximum absolute atomic E-state index is 13.4. The van der Waals surface area contributed by atoms with E-state index < -0.39 is 25.7 Å². The molecule has 0 radical (unpaired) electrons. The number of rotatable bonds is 8. The van der Waals surface area contributed by atoms with E-state index in [9.17, 15) is 29.4 Å². The number of benzene rings is 4. The van der Waals surface area contributed by atoms with Crippen molar-refractivity contribution in [3.63, 3.8) is 0 Å². The van der Waals surface area contributed by atoms with Crippen molar-refractivity contribution in [1.29, 1.82) is 0 Å². The minimum atomic E-state index is -4.54. The number of aliphatic hydroxyl groups excluding tert-OH is 1. The Hall–Kier alpha value is -3.45. The zero-order chi connectivity index (χ0) is 27.7. The molecule has 1 amide bonds. The predicted octanol–water partition coefficient (Wildman–Crippen LogP) is 5.73. The number of hydrogen-bond acceptors (Lipinski definition) is 4. The van der Waals surface area contributed by atoms with E-state index in [-0.39, 0.29) is 17.0 Å². The van der Waals surface area contributed by atoms with Gasteiger partial charge < -0.3 is 24.9 Å². The molecule has 0 spiro atoms. The summed E-state index contributed by atoms with van der Waals surface area (Å²) in [6.07, 6.45) is -0.101. The number of anilines is 1. The maximum atomic E-state index is 13.4. The number of phenols is 1. The van der Waals surface area contributed by atoms with Crippen LogP contribution in [-0.4, -0.2) is 25.9 Å². The molecule has 1 heterocycles. The van der Waals surface area contributed by atoms with Crippen molar-refractivity contribution in [1.82, 2.24) is 0 Å². The summed E-state index contributed by atoms with van der Waals surface area (Å²) in [7, 11) is -4.54. The second-order valence-electron chi connectivity index (χ2n) is 9.58. The number of phenolic OH excluding ortho intramolecular Hbond substituents is 1. The molecule has 0 bridgehead atoms. The minimum Gasteiger partial charge on any atom is -0.508 e. The van der Waals surface area contributed by atoms with E-state index in [2.05, 4.69) is 0 Å². The SMILES string of the molecule is O=C1C(CCC(O)c2cccc(Cl)c2)C(c2ccc(-c3ccccc3P(=O)(O)O)cc2O)N1c1ccccc1. The summed E-state index contributed by atoms with van der Waals surface area (Å²) in [4.78, 5) is 34.6. The molecule has 200 valence electrons. The van der Waals surface area contributed by atoms with Crippen molar-refractivity contribution in [2.75, 3.05) is 4.90 Å². The Balaban J connectivity index is 1.47. The second kappa shape index (κ2) is 11.0. The Kier molecular flexibility index (Phi) is 7.63. The van der Waals surface area contributed by atoms with Crippen LogP contribution in [0.3, 0.4) is 0 Å². The maximum Gasteiger partial charge on any atom is 0.356 e. The Morgan fingerprint density at radius 2 is 1.62 bits per heavy atom. The van der Waals surface area contributed by atoms with E-state index in [4.69, 9.17) is 11.6 Å². The monoisotopic (exact) mass is 563 g/mol. The normalized spacial score (nSPS) is 18.1. The summed E-state index contributed by atoms with van der Waals surface area (Å²) < 4.78 is 12.0. The number of para-hydroxylation sites is 1. The van der Waals surface area contributed by atoms with Gasteiger partial charge >= 0.3 is 7.60 Å². The summed E-state index contributed by atoms with van der Waals surface area (Å²) in [6.45, 7) is 0. The zero-order valence-electron chi connectivity index (χ0n) is 20.8. The van der Waals surface area contributed by atoms with Gasteiger partial charge in [0.2, 0.25) is 5.91 Å². The fourth-order valence-electron chi connectivity index (χ4n) is 5.21. The van der Waals surface area contributed by atoms with Gasteiger partial charge in [0.25, 0.3) is 0 Å². The largest absolute Gasteiger partial charge is 0.508 e. The molecular weight excluding hydrogens is 537 g/mol. The number of hydrogen-bond donors (Lipinski definition) is 4. The number of β-lactam (4-membered cyclic amide) rings is 1. The zero-order valence-corrected chi connectivity index (χ0v) is 22.4. The fourth-order valence-corrected chi connectivity index (χ4v) is 6.21. The average Bonchev–Trinajstić information content (AvgIpc) is 2.92. The van der Waals surface area contributed by atoms with Crippen LogP contribution in [0, 0.1) is 5.92 Å². The molecule has 4 aromatic rings. The van der Waals surface area contributed by atoms with E-state index in [1.165, 1.54) is 12.1 Å². The van der Waals surface area contributed by atoms with Crippen LogP contribution in [0.5, 0.6) is 5.75 Å². The van der Waals surface area contributed by atoms with Crippen LogP contribution in [0.1, 0.15) is 36.1 Å². The molecule has 39 heavy (non-hydrogen) atoms. The van der Waals surface area contributed by atoms with Crippen LogP contribution in [0.2, 0.25) is 5.02 Å². The summed E-state index contributed by atoms with van der Waals surface area (Å²) in [5, 5.41) is 22.3. The molecule has 7 nitrogen and oxygen atoms in total. The number of aliphatic hydroxyl groups is 1. The van der Waals surface area contributed by atoms with Crippen molar-refractivity contribution in [2.24, 2.45) is 5.92 Å². The first-order chi connectivity index (χ1) is 18.6. The first kappa shape index (κ1) is 27.1. The number of aromatic hydroxyl groups is 1. The van der Waals surface area contributed by atoms with Crippen molar-refractivity contribution in [2.45, 2.75) is 25.0 Å². The number of carbonyl (C=O) groups is 1. The predicted molar refractivity (Wildman–Crippen MR) is 151 cm³/mol. The molecular formula is C30H27ClNO6P. The van der Waals surface area contributed by atoms with Crippen LogP contribution >= 0.6 is 19.2 Å². The summed E-state index contributed by atoms with van der Waals surface area (Å²) >= 11 is 6.07. The molecule has 9 heteroatoms. The molecule has 1 fully saturated rings. The standard InChI is InChI=1S/C30H27ClNO6P/c31-21-8-6-7-20(17-21)26(33)16-15-25-29(32(30(25)35)22-9-2-1-3-10-22)24-14-13-19(18-27(24)34)23-11-4-5-12-28(23)39(36,37)38/h1-14,17-18,25-26,29,33-34H,15-16H2,(H2,36,37,38). The number of nitrogens with zero attached hydrogens (tertiary/aromatic N) is 1. The van der Waals surface area contributed by atoms with Crippen LogP contribution < -0.4 is 10.2 Å². The van der Waals surface area contributed by atoms with E-state index in [0.29, 0.717) is 45.8 Å². The molecule has 3 atom stereocenters. The average molecular weight is 564 g/mol. The van der Waals surface area contributed by atoms with Gasteiger partial charge in [0.1, 0.15) is 5.75 Å². The van der Waals surface area contributed by atoms with Crippen molar-refractivity contribution in [3.8, 4) is 16.9 Å². The number of amides is 1. The molecule has 4 aromatic carbocycles. The van der Waals surface area contributed by atoms with Crippen molar-refractivity contribution < 1.29 is 29.4 Å². The van der Waals surface area contributed by atoms with E-state index >= 15 is 0 Å². The Morgan fingerprint density at radius 1 is 0.897 bits per heavy atom. The van der Waals surface area contributed by atoms with Crippen molar-refractivity contribution >= 4 is 36.1 Å². The quantitative estimate of drug-likeness (QED) is 0.160. The summed E-state index contributed by atoms with van der Waals surface area (Å²) in [5.74, 6) is -0.690. The summed E-state index contributed by atoms with van der Waals surface area (Å²) in [5.41, 5.74) is 2.63. The highest BCUT2D eigenvalue weighted by Gasteiger charge is 2.49.